The molecule has 0 unspecified atom stereocenters. The fraction of sp³-hybridized carbons (Fsp3) is 0.938. The second-order valence-corrected chi connectivity index (χ2v) is 7.22. The van der Waals surface area contributed by atoms with E-state index in [1.807, 2.05) is 0 Å². The van der Waals surface area contributed by atoms with Gasteiger partial charge in [0.15, 0.2) is 6.54 Å². The number of likely N-dealkylation sites (N-methyl/N-ethyl adjacent to an activating group) is 1. The first-order chi connectivity index (χ1) is 8.85. The van der Waals surface area contributed by atoms with Crippen LogP contribution in [0.25, 0.3) is 0 Å². The molecule has 0 amide bonds. The molecule has 0 aromatic rings. The molecule has 110 valence electrons. The number of ether oxygens (including phenoxy) is 1. The average Bonchev–Trinajstić information content (AvgIpc) is 2.69. The van der Waals surface area contributed by atoms with Crippen LogP contribution in [0.15, 0.2) is 0 Å². The molecule has 3 atom stereocenters. The van der Waals surface area contributed by atoms with E-state index in [-0.39, 0.29) is 17.5 Å². The van der Waals surface area contributed by atoms with Crippen molar-refractivity contribution in [3.8, 4) is 0 Å². The lowest BCUT2D eigenvalue weighted by Gasteiger charge is -2.38. The number of carbonyl (C=O) groups excluding carboxylic acids is 1. The van der Waals surface area contributed by atoms with Crippen molar-refractivity contribution in [2.24, 2.45) is 16.7 Å². The summed E-state index contributed by atoms with van der Waals surface area (Å²) in [6.07, 6.45) is 3.73. The minimum atomic E-state index is -0.00623. The summed E-state index contributed by atoms with van der Waals surface area (Å²) in [4.78, 5) is 13.4. The highest BCUT2D eigenvalue weighted by atomic mass is 16.5. The Hall–Kier alpha value is -0.570. The Balaban J connectivity index is 1.96. The van der Waals surface area contributed by atoms with Gasteiger partial charge in [-0.3, -0.25) is 0 Å². The quantitative estimate of drug-likeness (QED) is 0.769. The van der Waals surface area contributed by atoms with Crippen molar-refractivity contribution in [2.45, 2.75) is 60.0 Å². The van der Waals surface area contributed by atoms with Crippen molar-refractivity contribution in [3.05, 3.63) is 0 Å². The Bertz CT molecular complexity index is 349. The Labute approximate surface area is 117 Å². The Morgan fingerprint density at radius 1 is 1.26 bits per heavy atom. The fourth-order valence-corrected chi connectivity index (χ4v) is 4.21. The topological polar surface area (TPSA) is 30.7 Å². The molecule has 2 aliphatic carbocycles. The van der Waals surface area contributed by atoms with Crippen molar-refractivity contribution in [1.29, 1.82) is 0 Å². The maximum atomic E-state index is 12.1. The Kier molecular flexibility index (Phi) is 3.97. The molecule has 0 aromatic carbocycles. The molecule has 0 aliphatic heterocycles. The zero-order valence-corrected chi connectivity index (χ0v) is 13.2. The summed E-state index contributed by atoms with van der Waals surface area (Å²) >= 11 is 0. The van der Waals surface area contributed by atoms with Crippen molar-refractivity contribution < 1.29 is 14.4 Å². The van der Waals surface area contributed by atoms with E-state index in [1.165, 1.54) is 17.7 Å². The molecule has 0 radical (unpaired) electrons. The molecular weight excluding hydrogens is 238 g/mol. The standard InChI is InChI=1S/C16H29NO2/c1-6-17(7-2)11-14(18)19-13-10-12-8-9-16(13,5)15(12,3)4/h12-13H,6-11H2,1-5H3/p+1/t12-,13-,16+/m1/s1. The van der Waals surface area contributed by atoms with Crippen LogP contribution in [0.4, 0.5) is 0 Å². The third-order valence-corrected chi connectivity index (χ3v) is 6.38. The van der Waals surface area contributed by atoms with Crippen LogP contribution in [0.1, 0.15) is 53.9 Å². The van der Waals surface area contributed by atoms with Gasteiger partial charge in [0.05, 0.1) is 13.1 Å². The maximum absolute atomic E-state index is 12.1. The Morgan fingerprint density at radius 2 is 1.89 bits per heavy atom. The van der Waals surface area contributed by atoms with Crippen molar-refractivity contribution in [2.75, 3.05) is 19.6 Å². The predicted molar refractivity (Wildman–Crippen MR) is 76.0 cm³/mol. The van der Waals surface area contributed by atoms with Gasteiger partial charge in [-0.25, -0.2) is 4.79 Å². The van der Waals surface area contributed by atoms with Crippen molar-refractivity contribution in [1.82, 2.24) is 0 Å². The number of esters is 1. The van der Waals surface area contributed by atoms with E-state index in [0.29, 0.717) is 12.0 Å². The van der Waals surface area contributed by atoms with E-state index < -0.39 is 0 Å². The highest BCUT2D eigenvalue weighted by molar-refractivity contribution is 5.70. The minimum absolute atomic E-state index is 0.00623. The summed E-state index contributed by atoms with van der Waals surface area (Å²) in [5, 5.41) is 0. The lowest BCUT2D eigenvalue weighted by atomic mass is 9.70. The van der Waals surface area contributed by atoms with Gasteiger partial charge in [0.25, 0.3) is 0 Å². The molecule has 3 heteroatoms. The van der Waals surface area contributed by atoms with Crippen LogP contribution in [0.2, 0.25) is 0 Å². The number of quaternary nitrogens is 1. The second kappa shape index (κ2) is 5.08. The second-order valence-electron chi connectivity index (χ2n) is 7.22. The van der Waals surface area contributed by atoms with Crippen LogP contribution in [-0.4, -0.2) is 31.7 Å². The number of nitrogens with one attached hydrogen (secondary N) is 1. The van der Waals surface area contributed by atoms with E-state index in [2.05, 4.69) is 34.6 Å². The van der Waals surface area contributed by atoms with E-state index >= 15 is 0 Å². The molecule has 0 spiro atoms. The molecule has 2 bridgehead atoms. The molecular formula is C16H30NO2+. The smallest absolute Gasteiger partial charge is 0.362 e. The number of hydrogen-bond acceptors (Lipinski definition) is 2. The van der Waals surface area contributed by atoms with Gasteiger partial charge in [0.1, 0.15) is 6.10 Å². The van der Waals surface area contributed by atoms with Crippen molar-refractivity contribution >= 4 is 5.97 Å². The van der Waals surface area contributed by atoms with Crippen LogP contribution in [0, 0.1) is 16.7 Å². The first-order valence-corrected chi connectivity index (χ1v) is 7.88. The molecule has 0 aromatic heterocycles. The zero-order valence-electron chi connectivity index (χ0n) is 13.2. The van der Waals surface area contributed by atoms with Gasteiger partial charge in [0, 0.05) is 5.41 Å². The van der Waals surface area contributed by atoms with Crippen LogP contribution in [0.3, 0.4) is 0 Å². The number of hydrogen-bond donors (Lipinski definition) is 1. The zero-order chi connectivity index (χ0) is 14.3. The number of fused-ring (bicyclic) bond motifs is 2. The molecule has 2 saturated carbocycles. The summed E-state index contributed by atoms with van der Waals surface area (Å²) in [5.41, 5.74) is 0.506. The lowest BCUT2D eigenvalue weighted by molar-refractivity contribution is -0.888. The SMILES string of the molecule is CC[NH+](CC)CC(=O)O[C@@H]1C[C@H]2CC[C@]1(C)C2(C)C. The van der Waals surface area contributed by atoms with Gasteiger partial charge in [-0.15, -0.1) is 0 Å². The monoisotopic (exact) mass is 268 g/mol. The van der Waals surface area contributed by atoms with Gasteiger partial charge in [-0.05, 0) is 44.4 Å². The first kappa shape index (κ1) is 14.8. The molecule has 19 heavy (non-hydrogen) atoms. The van der Waals surface area contributed by atoms with Crippen molar-refractivity contribution in [3.63, 3.8) is 0 Å². The molecule has 1 N–H and O–H groups in total. The van der Waals surface area contributed by atoms with Gasteiger partial charge in [0.2, 0.25) is 0 Å². The fourth-order valence-electron chi connectivity index (χ4n) is 4.21. The first-order valence-electron chi connectivity index (χ1n) is 7.88. The number of rotatable bonds is 5. The molecule has 3 nitrogen and oxygen atoms in total. The minimum Gasteiger partial charge on any atom is -0.458 e. The maximum Gasteiger partial charge on any atom is 0.362 e. The molecule has 0 heterocycles. The molecule has 0 saturated heterocycles. The summed E-state index contributed by atoms with van der Waals surface area (Å²) in [6, 6.07) is 0. The lowest BCUT2D eigenvalue weighted by Crippen LogP contribution is -3.12. The third kappa shape index (κ3) is 2.31. The van der Waals surface area contributed by atoms with Crippen LogP contribution < -0.4 is 4.90 Å². The van der Waals surface area contributed by atoms with Crippen LogP contribution in [0.5, 0.6) is 0 Å². The number of carbonyl (C=O) groups is 1. The molecule has 2 aliphatic rings. The van der Waals surface area contributed by atoms with E-state index in [0.717, 1.165) is 25.4 Å². The van der Waals surface area contributed by atoms with Gasteiger partial charge < -0.3 is 9.64 Å². The summed E-state index contributed by atoms with van der Waals surface area (Å²) in [5.74, 6) is 0.726. The molecule has 2 rings (SSSR count). The van der Waals surface area contributed by atoms with E-state index in [4.69, 9.17) is 4.74 Å². The normalized spacial score (nSPS) is 35.9. The summed E-state index contributed by atoms with van der Waals surface area (Å²) < 4.78 is 5.86. The van der Waals surface area contributed by atoms with E-state index in [9.17, 15) is 4.79 Å². The van der Waals surface area contributed by atoms with Gasteiger partial charge in [-0.1, -0.05) is 20.8 Å². The summed E-state index contributed by atoms with van der Waals surface area (Å²) in [6.45, 7) is 13.8. The van der Waals surface area contributed by atoms with Crippen LogP contribution >= 0.6 is 0 Å². The predicted octanol–water partition coefficient (Wildman–Crippen LogP) is 1.67. The summed E-state index contributed by atoms with van der Waals surface area (Å²) in [7, 11) is 0. The van der Waals surface area contributed by atoms with Crippen LogP contribution in [-0.2, 0) is 9.53 Å². The highest BCUT2D eigenvalue weighted by Gasteiger charge is 2.62. The highest BCUT2D eigenvalue weighted by Crippen LogP contribution is 2.66. The molecule has 2 fully saturated rings. The average molecular weight is 268 g/mol. The van der Waals surface area contributed by atoms with Gasteiger partial charge >= 0.3 is 5.97 Å². The third-order valence-electron chi connectivity index (χ3n) is 6.38. The van der Waals surface area contributed by atoms with Gasteiger partial charge in [-0.2, -0.15) is 0 Å². The van der Waals surface area contributed by atoms with E-state index in [1.54, 1.807) is 0 Å². The Morgan fingerprint density at radius 3 is 2.32 bits per heavy atom. The largest absolute Gasteiger partial charge is 0.458 e.